The second-order valence-electron chi connectivity index (χ2n) is 4.51. The Labute approximate surface area is 113 Å². The van der Waals surface area contributed by atoms with Crippen molar-refractivity contribution in [3.63, 3.8) is 0 Å². The molecule has 0 spiro atoms. The Morgan fingerprint density at radius 3 is 2.75 bits per heavy atom. The van der Waals surface area contributed by atoms with E-state index in [0.717, 1.165) is 25.0 Å². The third kappa shape index (κ3) is 3.38. The molecule has 0 radical (unpaired) electrons. The summed E-state index contributed by atoms with van der Waals surface area (Å²) >= 11 is 0. The van der Waals surface area contributed by atoms with Crippen molar-refractivity contribution in [1.29, 1.82) is 0 Å². The van der Waals surface area contributed by atoms with E-state index in [0.29, 0.717) is 13.2 Å². The van der Waals surface area contributed by atoms with E-state index in [4.69, 9.17) is 10.5 Å². The number of aromatic nitrogens is 1. The van der Waals surface area contributed by atoms with Crippen LogP contribution in [0.3, 0.4) is 0 Å². The molecule has 1 aromatic heterocycles. The number of nitrogens with zero attached hydrogens (tertiary/aromatic N) is 1. The van der Waals surface area contributed by atoms with Crippen LogP contribution in [0.1, 0.15) is 28.9 Å². The molecule has 1 fully saturated rings. The number of carbonyl (C=O) groups excluding carboxylic acids is 1. The Morgan fingerprint density at radius 1 is 1.45 bits per heavy atom. The summed E-state index contributed by atoms with van der Waals surface area (Å²) in [6.07, 6.45) is -3.05. The zero-order chi connectivity index (χ0) is 14.8. The van der Waals surface area contributed by atoms with E-state index in [2.05, 4.69) is 10.3 Å². The van der Waals surface area contributed by atoms with Crippen molar-refractivity contribution in [3.8, 4) is 0 Å². The number of nitrogens with two attached hydrogens (primary N) is 1. The molecule has 1 unspecified atom stereocenters. The van der Waals surface area contributed by atoms with Crippen LogP contribution in [0, 0.1) is 0 Å². The van der Waals surface area contributed by atoms with Gasteiger partial charge in [-0.1, -0.05) is 0 Å². The van der Waals surface area contributed by atoms with E-state index >= 15 is 0 Å². The van der Waals surface area contributed by atoms with Gasteiger partial charge in [-0.05, 0) is 25.0 Å². The Balaban J connectivity index is 2.29. The quantitative estimate of drug-likeness (QED) is 0.889. The molecular weight excluding hydrogens is 275 g/mol. The number of halogens is 3. The highest BCUT2D eigenvalue weighted by atomic mass is 19.4. The molecule has 1 aromatic rings. The van der Waals surface area contributed by atoms with Gasteiger partial charge in [0.25, 0.3) is 5.91 Å². The number of anilines is 1. The first-order valence-corrected chi connectivity index (χ1v) is 6.10. The van der Waals surface area contributed by atoms with Gasteiger partial charge >= 0.3 is 6.18 Å². The lowest BCUT2D eigenvalue weighted by Gasteiger charge is -2.24. The molecule has 2 rings (SSSR count). The number of hydrogen-bond donors (Lipinski definition) is 2. The van der Waals surface area contributed by atoms with Crippen LogP contribution in [-0.2, 0) is 10.9 Å². The van der Waals surface area contributed by atoms with Gasteiger partial charge in [-0.15, -0.1) is 0 Å². The van der Waals surface area contributed by atoms with E-state index in [1.54, 1.807) is 0 Å². The smallest absolute Gasteiger partial charge is 0.379 e. The standard InChI is InChI=1S/C12H14F3N3O2/c13-12(14,15)9-4-3-8(10(16)19)11(18-9)17-7-2-1-5-20-6-7/h3-4,7H,1-2,5-6H2,(H2,16,19)(H,17,18). The maximum atomic E-state index is 12.6. The highest BCUT2D eigenvalue weighted by Gasteiger charge is 2.33. The molecule has 20 heavy (non-hydrogen) atoms. The summed E-state index contributed by atoms with van der Waals surface area (Å²) in [6, 6.07) is 1.59. The predicted octanol–water partition coefficient (Wildman–Crippen LogP) is 1.79. The van der Waals surface area contributed by atoms with Gasteiger partial charge in [-0.25, -0.2) is 4.98 Å². The molecule has 0 saturated carbocycles. The lowest BCUT2D eigenvalue weighted by atomic mass is 10.1. The normalized spacial score (nSPS) is 19.6. The second kappa shape index (κ2) is 5.66. The third-order valence-electron chi connectivity index (χ3n) is 2.95. The molecule has 8 heteroatoms. The molecular formula is C12H14F3N3O2. The van der Waals surface area contributed by atoms with Gasteiger partial charge in [-0.2, -0.15) is 13.2 Å². The van der Waals surface area contributed by atoms with Crippen molar-refractivity contribution < 1.29 is 22.7 Å². The summed E-state index contributed by atoms with van der Waals surface area (Å²) in [4.78, 5) is 14.7. The number of pyridine rings is 1. The number of nitrogens with one attached hydrogen (secondary N) is 1. The lowest BCUT2D eigenvalue weighted by molar-refractivity contribution is -0.141. The fraction of sp³-hybridized carbons (Fsp3) is 0.500. The third-order valence-corrected chi connectivity index (χ3v) is 2.95. The molecule has 1 aliphatic heterocycles. The average Bonchev–Trinajstić information content (AvgIpc) is 2.38. The summed E-state index contributed by atoms with van der Waals surface area (Å²) in [7, 11) is 0. The first kappa shape index (κ1) is 14.6. The van der Waals surface area contributed by atoms with Gasteiger partial charge in [0.05, 0.1) is 18.2 Å². The van der Waals surface area contributed by atoms with Gasteiger partial charge in [0.15, 0.2) is 0 Å². The van der Waals surface area contributed by atoms with Gasteiger partial charge in [0, 0.05) is 6.61 Å². The predicted molar refractivity (Wildman–Crippen MR) is 65.2 cm³/mol. The number of carbonyl (C=O) groups is 1. The molecule has 1 amide bonds. The molecule has 5 nitrogen and oxygen atoms in total. The Kier molecular flexibility index (Phi) is 4.12. The molecule has 1 saturated heterocycles. The molecule has 0 bridgehead atoms. The molecule has 2 heterocycles. The maximum Gasteiger partial charge on any atom is 0.433 e. The second-order valence-corrected chi connectivity index (χ2v) is 4.51. The van der Waals surface area contributed by atoms with Crippen LogP contribution >= 0.6 is 0 Å². The number of amides is 1. The molecule has 0 aromatic carbocycles. The monoisotopic (exact) mass is 289 g/mol. The van der Waals surface area contributed by atoms with Crippen LogP contribution in [0.25, 0.3) is 0 Å². The van der Waals surface area contributed by atoms with Crippen LogP contribution < -0.4 is 11.1 Å². The lowest BCUT2D eigenvalue weighted by Crippen LogP contribution is -2.32. The number of ether oxygens (including phenoxy) is 1. The number of primary amides is 1. The molecule has 0 aliphatic carbocycles. The van der Waals surface area contributed by atoms with Crippen LogP contribution in [0.2, 0.25) is 0 Å². The zero-order valence-electron chi connectivity index (χ0n) is 10.5. The van der Waals surface area contributed by atoms with Crippen LogP contribution in [0.15, 0.2) is 12.1 Å². The van der Waals surface area contributed by atoms with E-state index in [1.807, 2.05) is 0 Å². The summed E-state index contributed by atoms with van der Waals surface area (Å²) in [5.74, 6) is -0.978. The largest absolute Gasteiger partial charge is 0.433 e. The van der Waals surface area contributed by atoms with Crippen molar-refractivity contribution in [1.82, 2.24) is 4.98 Å². The Hall–Kier alpha value is -1.83. The molecule has 1 atom stereocenters. The van der Waals surface area contributed by atoms with Gasteiger partial charge in [0.2, 0.25) is 0 Å². The summed E-state index contributed by atoms with van der Waals surface area (Å²) < 4.78 is 43.2. The summed E-state index contributed by atoms with van der Waals surface area (Å²) in [6.45, 7) is 0.979. The van der Waals surface area contributed by atoms with E-state index in [9.17, 15) is 18.0 Å². The Bertz CT molecular complexity index is 499. The van der Waals surface area contributed by atoms with Gasteiger partial charge in [-0.3, -0.25) is 4.79 Å². The number of rotatable bonds is 3. The van der Waals surface area contributed by atoms with Crippen molar-refractivity contribution in [2.45, 2.75) is 25.1 Å². The van der Waals surface area contributed by atoms with Crippen LogP contribution in [-0.4, -0.2) is 30.1 Å². The van der Waals surface area contributed by atoms with E-state index in [-0.39, 0.29) is 17.4 Å². The van der Waals surface area contributed by atoms with Crippen LogP contribution in [0.5, 0.6) is 0 Å². The SMILES string of the molecule is NC(=O)c1ccc(C(F)(F)F)nc1NC1CCCOC1. The first-order valence-electron chi connectivity index (χ1n) is 6.10. The van der Waals surface area contributed by atoms with Gasteiger partial charge < -0.3 is 15.8 Å². The average molecular weight is 289 g/mol. The molecule has 1 aliphatic rings. The summed E-state index contributed by atoms with van der Waals surface area (Å²) in [5.41, 5.74) is 4.01. The minimum absolute atomic E-state index is 0.0661. The first-order chi connectivity index (χ1) is 9.38. The fourth-order valence-electron chi connectivity index (χ4n) is 1.97. The van der Waals surface area contributed by atoms with Crippen molar-refractivity contribution in [2.75, 3.05) is 18.5 Å². The fourth-order valence-corrected chi connectivity index (χ4v) is 1.97. The maximum absolute atomic E-state index is 12.6. The van der Waals surface area contributed by atoms with Crippen molar-refractivity contribution in [3.05, 3.63) is 23.4 Å². The highest BCUT2D eigenvalue weighted by molar-refractivity contribution is 5.97. The number of hydrogen-bond acceptors (Lipinski definition) is 4. The minimum Gasteiger partial charge on any atom is -0.379 e. The van der Waals surface area contributed by atoms with Crippen molar-refractivity contribution in [2.24, 2.45) is 5.73 Å². The van der Waals surface area contributed by atoms with Crippen LogP contribution in [0.4, 0.5) is 19.0 Å². The number of alkyl halides is 3. The minimum atomic E-state index is -4.57. The molecule has 110 valence electrons. The van der Waals surface area contributed by atoms with Crippen molar-refractivity contribution >= 4 is 11.7 Å². The topological polar surface area (TPSA) is 77.2 Å². The summed E-state index contributed by atoms with van der Waals surface area (Å²) in [5, 5.41) is 2.81. The van der Waals surface area contributed by atoms with E-state index < -0.39 is 17.8 Å². The zero-order valence-corrected chi connectivity index (χ0v) is 10.5. The Morgan fingerprint density at radius 2 is 2.20 bits per heavy atom. The molecule has 3 N–H and O–H groups in total. The van der Waals surface area contributed by atoms with Gasteiger partial charge in [0.1, 0.15) is 11.5 Å². The van der Waals surface area contributed by atoms with E-state index in [1.165, 1.54) is 0 Å². The highest BCUT2D eigenvalue weighted by Crippen LogP contribution is 2.29.